The van der Waals surface area contributed by atoms with Crippen molar-refractivity contribution in [1.82, 2.24) is 5.32 Å². The molecule has 11 nitrogen and oxygen atoms in total. The number of hydrogen-bond acceptors (Lipinski definition) is 11. The average molecular weight is 596 g/mol. The lowest BCUT2D eigenvalue weighted by Gasteiger charge is -2.21. The van der Waals surface area contributed by atoms with Crippen LogP contribution >= 0.6 is 0 Å². The summed E-state index contributed by atoms with van der Waals surface area (Å²) in [5.74, 6) is -1.12. The van der Waals surface area contributed by atoms with Gasteiger partial charge >= 0.3 is 24.2 Å². The van der Waals surface area contributed by atoms with Crippen molar-refractivity contribution in [1.29, 1.82) is 0 Å². The molecule has 0 spiro atoms. The Kier molecular flexibility index (Phi) is 18.7. The first-order chi connectivity index (χ1) is 20.1. The highest BCUT2D eigenvalue weighted by atomic mass is 16.7. The number of nitrogens with one attached hydrogen (secondary N) is 1. The average Bonchev–Trinajstić information content (AvgIpc) is 2.96. The second kappa shape index (κ2) is 21.4. The van der Waals surface area contributed by atoms with E-state index in [9.17, 15) is 19.2 Å². The van der Waals surface area contributed by atoms with Crippen LogP contribution in [0.4, 0.5) is 9.59 Å². The minimum atomic E-state index is -0.944. The number of carbonyl (C=O) groups excluding carboxylic acids is 4. The molecule has 0 heterocycles. The summed E-state index contributed by atoms with van der Waals surface area (Å²) >= 11 is 0. The number of rotatable bonds is 20. The Morgan fingerprint density at radius 1 is 0.786 bits per heavy atom. The highest BCUT2D eigenvalue weighted by Crippen LogP contribution is 2.30. The molecule has 1 aromatic rings. The maximum Gasteiger partial charge on any atom is 0.513 e. The van der Waals surface area contributed by atoms with Crippen molar-refractivity contribution >= 4 is 24.2 Å². The second-order valence-corrected chi connectivity index (χ2v) is 10.2. The Morgan fingerprint density at radius 3 is 1.93 bits per heavy atom. The van der Waals surface area contributed by atoms with Crippen molar-refractivity contribution in [3.63, 3.8) is 0 Å². The van der Waals surface area contributed by atoms with Crippen LogP contribution in [0.25, 0.3) is 0 Å². The lowest BCUT2D eigenvalue weighted by atomic mass is 10.0. The zero-order chi connectivity index (χ0) is 31.3. The normalized spacial score (nSPS) is 12.9. The Hall–Kier alpha value is -3.34. The zero-order valence-corrected chi connectivity index (χ0v) is 26.0. The monoisotopic (exact) mass is 595 g/mol. The van der Waals surface area contributed by atoms with E-state index in [-0.39, 0.29) is 49.6 Å². The van der Waals surface area contributed by atoms with Crippen LogP contribution in [-0.4, -0.2) is 63.3 Å². The quantitative estimate of drug-likeness (QED) is 0.0806. The Labute approximate surface area is 249 Å². The first-order valence-electron chi connectivity index (χ1n) is 15.0. The van der Waals surface area contributed by atoms with Gasteiger partial charge in [0.05, 0.1) is 26.2 Å². The van der Waals surface area contributed by atoms with E-state index in [2.05, 4.69) is 5.32 Å². The lowest BCUT2D eigenvalue weighted by molar-refractivity contribution is -0.152. The van der Waals surface area contributed by atoms with Gasteiger partial charge < -0.3 is 33.7 Å². The second-order valence-electron chi connectivity index (χ2n) is 10.2. The minimum absolute atomic E-state index is 0.0333. The summed E-state index contributed by atoms with van der Waals surface area (Å²) in [6.07, 6.45) is 4.55. The maximum absolute atomic E-state index is 12.6. The minimum Gasteiger partial charge on any atom is -0.468 e. The third-order valence-corrected chi connectivity index (χ3v) is 6.35. The van der Waals surface area contributed by atoms with Gasteiger partial charge in [0, 0.05) is 6.54 Å². The molecule has 0 fully saturated rings. The fourth-order valence-electron chi connectivity index (χ4n) is 3.93. The smallest absolute Gasteiger partial charge is 0.468 e. The molecule has 3 atom stereocenters. The van der Waals surface area contributed by atoms with Crippen LogP contribution in [-0.2, 0) is 35.0 Å². The predicted octanol–water partition coefficient (Wildman–Crippen LogP) is 6.14. The van der Waals surface area contributed by atoms with E-state index in [1.165, 1.54) is 19.2 Å². The summed E-state index contributed by atoms with van der Waals surface area (Å²) in [5.41, 5.74) is 0.580. The molecule has 238 valence electrons. The van der Waals surface area contributed by atoms with E-state index in [1.54, 1.807) is 13.0 Å². The van der Waals surface area contributed by atoms with E-state index in [1.807, 2.05) is 27.7 Å². The van der Waals surface area contributed by atoms with Crippen LogP contribution in [0, 0.1) is 5.92 Å². The van der Waals surface area contributed by atoms with E-state index < -0.39 is 30.4 Å². The zero-order valence-electron chi connectivity index (χ0n) is 26.0. The van der Waals surface area contributed by atoms with Gasteiger partial charge in [-0.05, 0) is 50.3 Å². The maximum atomic E-state index is 12.6. The first-order valence-corrected chi connectivity index (χ1v) is 15.0. The largest absolute Gasteiger partial charge is 0.513 e. The van der Waals surface area contributed by atoms with E-state index >= 15 is 0 Å². The van der Waals surface area contributed by atoms with Crippen molar-refractivity contribution in [3.8, 4) is 11.5 Å². The Balaban J connectivity index is 3.00. The van der Waals surface area contributed by atoms with Gasteiger partial charge in [0.1, 0.15) is 12.1 Å². The van der Waals surface area contributed by atoms with Crippen LogP contribution in [0.3, 0.4) is 0 Å². The van der Waals surface area contributed by atoms with Crippen LogP contribution in [0.15, 0.2) is 18.2 Å². The number of unbranched alkanes of at least 4 members (excludes halogenated alkanes) is 4. The molecule has 0 aliphatic carbocycles. The molecule has 1 aromatic carbocycles. The molecule has 1 N–H and O–H groups in total. The number of ether oxygens (including phenoxy) is 6. The topological polar surface area (TPSA) is 136 Å². The molecule has 42 heavy (non-hydrogen) atoms. The Morgan fingerprint density at radius 2 is 1.38 bits per heavy atom. The van der Waals surface area contributed by atoms with E-state index in [4.69, 9.17) is 28.4 Å². The van der Waals surface area contributed by atoms with E-state index in [0.29, 0.717) is 18.4 Å². The van der Waals surface area contributed by atoms with Crippen molar-refractivity contribution in [2.45, 2.75) is 105 Å². The molecular formula is C31H49NO10. The molecule has 11 heteroatoms. The third kappa shape index (κ3) is 15.0. The molecule has 0 aliphatic heterocycles. The number of carbonyl (C=O) groups is 4. The van der Waals surface area contributed by atoms with Crippen molar-refractivity contribution in [2.24, 2.45) is 5.92 Å². The van der Waals surface area contributed by atoms with Crippen LogP contribution in [0.5, 0.6) is 11.5 Å². The lowest BCUT2D eigenvalue weighted by Crippen LogP contribution is -2.43. The summed E-state index contributed by atoms with van der Waals surface area (Å²) in [6.45, 7) is 10.2. The van der Waals surface area contributed by atoms with Gasteiger partial charge in [-0.25, -0.2) is 9.59 Å². The molecule has 1 rings (SSSR count). The molecule has 0 saturated heterocycles. The van der Waals surface area contributed by atoms with Crippen molar-refractivity contribution in [2.75, 3.05) is 26.9 Å². The summed E-state index contributed by atoms with van der Waals surface area (Å²) in [6, 6.07) is 3.77. The Bertz CT molecular complexity index is 967. The molecule has 2 unspecified atom stereocenters. The predicted molar refractivity (Wildman–Crippen MR) is 157 cm³/mol. The molecular weight excluding hydrogens is 546 g/mol. The van der Waals surface area contributed by atoms with Gasteiger partial charge in [0.15, 0.2) is 11.5 Å². The summed E-state index contributed by atoms with van der Waals surface area (Å²) in [7, 11) is 1.28. The first kappa shape index (κ1) is 36.7. The fraction of sp³-hybridized carbons (Fsp3) is 0.677. The number of methoxy groups -OCH3 is 1. The highest BCUT2D eigenvalue weighted by Gasteiger charge is 2.24. The van der Waals surface area contributed by atoms with Gasteiger partial charge in [-0.15, -0.1) is 0 Å². The van der Waals surface area contributed by atoms with Crippen molar-refractivity contribution < 1.29 is 47.6 Å². The standard InChI is InChI=1S/C31H49NO10/c1-7-10-12-17-38-30(35)41-26-16-15-24(20-27(26)42-31(36)39-18-13-11-8-2)19-25(29(34)37-6)32-21-23(5)40-28(33)22(4)14-9-3/h15-16,20,22-23,25,32H,7-14,17-19,21H2,1-6H3/t22?,23?,25-/m0/s1. The molecule has 0 saturated carbocycles. The van der Waals surface area contributed by atoms with Gasteiger partial charge in [0.25, 0.3) is 0 Å². The summed E-state index contributed by atoms with van der Waals surface area (Å²) < 4.78 is 31.4. The third-order valence-electron chi connectivity index (χ3n) is 6.35. The fourth-order valence-corrected chi connectivity index (χ4v) is 3.93. The van der Waals surface area contributed by atoms with Crippen molar-refractivity contribution in [3.05, 3.63) is 23.8 Å². The van der Waals surface area contributed by atoms with Crippen LogP contribution < -0.4 is 14.8 Å². The molecule has 0 aromatic heterocycles. The van der Waals surface area contributed by atoms with Crippen LogP contribution in [0.2, 0.25) is 0 Å². The van der Waals surface area contributed by atoms with Crippen LogP contribution in [0.1, 0.15) is 91.5 Å². The molecule has 0 radical (unpaired) electrons. The van der Waals surface area contributed by atoms with Gasteiger partial charge in [-0.1, -0.05) is 65.9 Å². The molecule has 0 aliphatic rings. The van der Waals surface area contributed by atoms with E-state index in [0.717, 1.165) is 38.5 Å². The number of hydrogen-bond donors (Lipinski definition) is 1. The van der Waals surface area contributed by atoms with Gasteiger partial charge in [-0.2, -0.15) is 0 Å². The summed E-state index contributed by atoms with van der Waals surface area (Å²) in [4.78, 5) is 49.4. The summed E-state index contributed by atoms with van der Waals surface area (Å²) in [5, 5.41) is 3.09. The van der Waals surface area contributed by atoms with Gasteiger partial charge in [-0.3, -0.25) is 9.59 Å². The molecule has 0 amide bonds. The molecule has 0 bridgehead atoms. The SMILES string of the molecule is CCCCCOC(=O)Oc1ccc(C[C@H](NCC(C)OC(=O)C(C)CCC)C(=O)OC)cc1OC(=O)OCCCCC. The highest BCUT2D eigenvalue weighted by molar-refractivity contribution is 5.76. The number of esters is 2. The van der Waals surface area contributed by atoms with Gasteiger partial charge in [0.2, 0.25) is 0 Å². The number of benzene rings is 1.